The summed E-state index contributed by atoms with van der Waals surface area (Å²) < 4.78 is 24.3. The van der Waals surface area contributed by atoms with Crippen molar-refractivity contribution >= 4 is 9.84 Å². The van der Waals surface area contributed by atoms with Gasteiger partial charge in [-0.05, 0) is 25.0 Å². The molecule has 81 valence electrons. The Morgan fingerprint density at radius 1 is 1.07 bits per heavy atom. The van der Waals surface area contributed by atoms with E-state index in [4.69, 9.17) is 5.73 Å². The van der Waals surface area contributed by atoms with Crippen LogP contribution in [0.1, 0.15) is 25.7 Å². The molecule has 0 saturated heterocycles. The molecule has 4 heteroatoms. The van der Waals surface area contributed by atoms with Gasteiger partial charge in [-0.2, -0.15) is 0 Å². The van der Waals surface area contributed by atoms with Crippen LogP contribution in [0.2, 0.25) is 0 Å². The minimum Gasteiger partial charge on any atom is -0.235 e. The van der Waals surface area contributed by atoms with Crippen LogP contribution in [-0.2, 0) is 9.84 Å². The Morgan fingerprint density at radius 3 is 2.13 bits per heavy atom. The minimum atomic E-state index is -3.47. The fourth-order valence-corrected chi connectivity index (χ4v) is 3.83. The lowest BCUT2D eigenvalue weighted by Gasteiger charge is -2.22. The van der Waals surface area contributed by atoms with Crippen LogP contribution >= 0.6 is 0 Å². The molecule has 0 amide bonds. The second-order valence-electron chi connectivity index (χ2n) is 4.02. The monoisotopic (exact) mass is 224 g/mol. The Balaban J connectivity index is 2.44. The second kappa shape index (κ2) is 3.61. The minimum absolute atomic E-state index is 0.280. The van der Waals surface area contributed by atoms with Crippen molar-refractivity contribution in [1.29, 1.82) is 0 Å². The first kappa shape index (κ1) is 10.6. The van der Waals surface area contributed by atoms with Crippen molar-refractivity contribution in [2.75, 3.05) is 0 Å². The van der Waals surface area contributed by atoms with Crippen LogP contribution in [-0.4, -0.2) is 13.3 Å². The van der Waals surface area contributed by atoms with E-state index in [1.807, 2.05) is 0 Å². The Morgan fingerprint density at radius 2 is 1.60 bits per heavy atom. The molecule has 1 aliphatic rings. The van der Waals surface area contributed by atoms with Gasteiger partial charge in [0.05, 0.1) is 4.90 Å². The van der Waals surface area contributed by atoms with Crippen molar-refractivity contribution in [3.8, 4) is 0 Å². The van der Waals surface area contributed by atoms with Gasteiger partial charge in [0.2, 0.25) is 0 Å². The molecule has 0 aliphatic heterocycles. The fraction of sp³-hybridized carbons (Fsp3) is 0.455. The average molecular weight is 224 g/mol. The van der Waals surface area contributed by atoms with Crippen molar-refractivity contribution in [3.63, 3.8) is 0 Å². The molecule has 2 rings (SSSR count). The lowest BCUT2D eigenvalue weighted by Crippen LogP contribution is -2.37. The molecule has 1 N–H and O–H groups in total. The smallest absolute Gasteiger partial charge is 0.198 e. The van der Waals surface area contributed by atoms with Crippen molar-refractivity contribution in [1.82, 2.24) is 5.73 Å². The summed E-state index contributed by atoms with van der Waals surface area (Å²) in [5.41, 5.74) is 8.03. The van der Waals surface area contributed by atoms with E-state index in [-0.39, 0.29) is 4.90 Å². The molecule has 3 nitrogen and oxygen atoms in total. The van der Waals surface area contributed by atoms with Crippen LogP contribution in [0.3, 0.4) is 0 Å². The molecule has 15 heavy (non-hydrogen) atoms. The second-order valence-corrected chi connectivity index (χ2v) is 6.28. The number of sulfone groups is 1. The summed E-state index contributed by atoms with van der Waals surface area (Å²) in [4.78, 5) is -1.00. The van der Waals surface area contributed by atoms with Crippen molar-refractivity contribution in [2.45, 2.75) is 35.4 Å². The molecule has 1 fully saturated rings. The highest BCUT2D eigenvalue weighted by Crippen LogP contribution is 2.37. The molecule has 1 saturated carbocycles. The Bertz CT molecular complexity index is 433. The van der Waals surface area contributed by atoms with Gasteiger partial charge in [0.25, 0.3) is 0 Å². The van der Waals surface area contributed by atoms with Gasteiger partial charge in [-0.3, -0.25) is 0 Å². The highest BCUT2D eigenvalue weighted by molar-refractivity contribution is 7.92. The Hall–Kier alpha value is -0.870. The fourth-order valence-electron chi connectivity index (χ4n) is 2.04. The van der Waals surface area contributed by atoms with Crippen LogP contribution in [0.25, 0.3) is 0 Å². The third kappa shape index (κ3) is 1.68. The summed E-state index contributed by atoms with van der Waals surface area (Å²) in [6.45, 7) is 0. The molecular formula is C11H14NO2S. The summed E-state index contributed by atoms with van der Waals surface area (Å²) in [5.74, 6) is 0. The zero-order chi connectivity index (χ0) is 10.9. The zero-order valence-corrected chi connectivity index (χ0v) is 9.26. The average Bonchev–Trinajstić information content (AvgIpc) is 2.68. The summed E-state index contributed by atoms with van der Waals surface area (Å²) in [7, 11) is -3.47. The van der Waals surface area contributed by atoms with Gasteiger partial charge in [0, 0.05) is 0 Å². The van der Waals surface area contributed by atoms with Gasteiger partial charge in [0.15, 0.2) is 9.84 Å². The number of benzene rings is 1. The van der Waals surface area contributed by atoms with Crippen molar-refractivity contribution in [2.24, 2.45) is 0 Å². The van der Waals surface area contributed by atoms with E-state index in [1.165, 1.54) is 0 Å². The number of nitrogens with one attached hydrogen (secondary N) is 1. The maximum absolute atomic E-state index is 12.2. The topological polar surface area (TPSA) is 57.9 Å². The van der Waals surface area contributed by atoms with E-state index >= 15 is 0 Å². The lowest BCUT2D eigenvalue weighted by molar-refractivity contribution is 0.511. The maximum Gasteiger partial charge on any atom is 0.198 e. The summed E-state index contributed by atoms with van der Waals surface area (Å²) >= 11 is 0. The molecule has 0 spiro atoms. The van der Waals surface area contributed by atoms with Gasteiger partial charge in [-0.25, -0.2) is 14.2 Å². The molecular weight excluding hydrogens is 210 g/mol. The van der Waals surface area contributed by atoms with Gasteiger partial charge < -0.3 is 0 Å². The predicted octanol–water partition coefficient (Wildman–Crippen LogP) is 2.01. The molecule has 1 aliphatic carbocycles. The first-order valence-corrected chi connectivity index (χ1v) is 6.59. The van der Waals surface area contributed by atoms with Crippen molar-refractivity contribution < 1.29 is 8.42 Å². The summed E-state index contributed by atoms with van der Waals surface area (Å²) in [6.07, 6.45) is 2.61. The highest BCUT2D eigenvalue weighted by Gasteiger charge is 2.43. The molecule has 1 aromatic rings. The highest BCUT2D eigenvalue weighted by atomic mass is 32.2. The summed E-state index contributed by atoms with van der Waals surface area (Å²) in [5, 5.41) is 0. The van der Waals surface area contributed by atoms with Crippen LogP contribution in [0.4, 0.5) is 0 Å². The van der Waals surface area contributed by atoms with E-state index < -0.39 is 14.7 Å². The standard InChI is InChI=1S/C11H14NO2S/c12-11(8-4-5-9-11)15(13,14)10-6-2-1-3-7-10/h1-3,6-7,12H,4-5,8-9H2. The Labute approximate surface area is 90.2 Å². The normalized spacial score (nSPS) is 20.3. The third-order valence-electron chi connectivity index (χ3n) is 2.98. The SMILES string of the molecule is [NH]C1(S(=O)(=O)c2ccccc2)CCCC1. The number of hydrogen-bond acceptors (Lipinski definition) is 2. The molecule has 0 aromatic heterocycles. The van der Waals surface area contributed by atoms with E-state index in [0.717, 1.165) is 12.8 Å². The predicted molar refractivity (Wildman–Crippen MR) is 57.9 cm³/mol. The zero-order valence-electron chi connectivity index (χ0n) is 8.44. The van der Waals surface area contributed by atoms with Crippen LogP contribution in [0, 0.1) is 0 Å². The van der Waals surface area contributed by atoms with Crippen molar-refractivity contribution in [3.05, 3.63) is 30.3 Å². The molecule has 0 atom stereocenters. The van der Waals surface area contributed by atoms with Crippen LogP contribution < -0.4 is 5.73 Å². The molecule has 0 bridgehead atoms. The van der Waals surface area contributed by atoms with Crippen LogP contribution in [0.15, 0.2) is 35.2 Å². The summed E-state index contributed by atoms with van der Waals surface area (Å²) in [6, 6.07) is 8.33. The third-order valence-corrected chi connectivity index (χ3v) is 5.31. The first-order valence-electron chi connectivity index (χ1n) is 5.11. The van der Waals surface area contributed by atoms with Gasteiger partial charge in [-0.15, -0.1) is 0 Å². The molecule has 1 aromatic carbocycles. The van der Waals surface area contributed by atoms with E-state index in [1.54, 1.807) is 30.3 Å². The van der Waals surface area contributed by atoms with E-state index in [0.29, 0.717) is 12.8 Å². The molecule has 1 radical (unpaired) electrons. The lowest BCUT2D eigenvalue weighted by atomic mass is 10.3. The number of hydrogen-bond donors (Lipinski definition) is 0. The van der Waals surface area contributed by atoms with Gasteiger partial charge in [-0.1, -0.05) is 31.0 Å². The largest absolute Gasteiger partial charge is 0.235 e. The van der Waals surface area contributed by atoms with E-state index in [2.05, 4.69) is 0 Å². The first-order chi connectivity index (χ1) is 7.06. The quantitative estimate of drug-likeness (QED) is 0.771. The van der Waals surface area contributed by atoms with Gasteiger partial charge in [0.1, 0.15) is 4.87 Å². The van der Waals surface area contributed by atoms with E-state index in [9.17, 15) is 8.42 Å². The van der Waals surface area contributed by atoms with Crippen LogP contribution in [0.5, 0.6) is 0 Å². The maximum atomic E-state index is 12.2. The van der Waals surface area contributed by atoms with Gasteiger partial charge >= 0.3 is 0 Å². The Kier molecular flexibility index (Phi) is 2.56. The molecule has 0 unspecified atom stereocenters. The molecule has 0 heterocycles. The number of rotatable bonds is 2.